The third kappa shape index (κ3) is 6.91. The highest BCUT2D eigenvalue weighted by Crippen LogP contribution is 2.30. The maximum atomic E-state index is 11.2. The van der Waals surface area contributed by atoms with Crippen molar-refractivity contribution in [3.63, 3.8) is 0 Å². The molecule has 1 heterocycles. The monoisotopic (exact) mass is 443 g/mol. The van der Waals surface area contributed by atoms with Crippen LogP contribution in [0.25, 0.3) is 0 Å². The summed E-state index contributed by atoms with van der Waals surface area (Å²) < 4.78 is 17.3. The third-order valence-corrected chi connectivity index (χ3v) is 6.62. The van der Waals surface area contributed by atoms with Crippen LogP contribution in [0.4, 0.5) is 0 Å². The summed E-state index contributed by atoms with van der Waals surface area (Å²) in [7, 11) is 0. The summed E-state index contributed by atoms with van der Waals surface area (Å²) in [6.45, 7) is 9.11. The molecule has 2 atom stereocenters. The molecule has 1 N–H and O–H groups in total. The lowest BCUT2D eigenvalue weighted by molar-refractivity contribution is -0.163. The molecule has 32 heavy (non-hydrogen) atoms. The molecule has 1 fully saturated rings. The predicted molar refractivity (Wildman–Crippen MR) is 123 cm³/mol. The second kappa shape index (κ2) is 11.1. The van der Waals surface area contributed by atoms with E-state index < -0.39 is 11.6 Å². The molecule has 1 saturated carbocycles. The molecule has 2 unspecified atom stereocenters. The smallest absolute Gasteiger partial charge is 0.335 e. The fraction of sp³-hybridized carbons (Fsp3) is 0.615. The van der Waals surface area contributed by atoms with Crippen LogP contribution in [0.3, 0.4) is 0 Å². The molecule has 1 aliphatic rings. The first kappa shape index (κ1) is 24.5. The Morgan fingerprint density at radius 1 is 1.16 bits per heavy atom. The summed E-state index contributed by atoms with van der Waals surface area (Å²) in [5.74, 6) is 0.830. The number of nitrogens with zero attached hydrogens (tertiary/aromatic N) is 1. The van der Waals surface area contributed by atoms with Crippen LogP contribution in [-0.2, 0) is 33.7 Å². The van der Waals surface area contributed by atoms with E-state index in [1.54, 1.807) is 13.8 Å². The molecule has 1 aromatic heterocycles. The Morgan fingerprint density at radius 2 is 1.91 bits per heavy atom. The van der Waals surface area contributed by atoms with Crippen molar-refractivity contribution in [1.82, 2.24) is 4.98 Å². The maximum absolute atomic E-state index is 11.2. The van der Waals surface area contributed by atoms with E-state index in [1.165, 1.54) is 23.1 Å². The predicted octanol–water partition coefficient (Wildman–Crippen LogP) is 5.28. The first-order valence-electron chi connectivity index (χ1n) is 11.7. The molecule has 3 rings (SSSR count). The highest BCUT2D eigenvalue weighted by Gasteiger charge is 2.30. The first-order chi connectivity index (χ1) is 15.2. The number of rotatable bonds is 11. The lowest BCUT2D eigenvalue weighted by Gasteiger charge is -2.31. The minimum absolute atomic E-state index is 0.386. The van der Waals surface area contributed by atoms with Gasteiger partial charge in [-0.15, -0.1) is 0 Å². The van der Waals surface area contributed by atoms with Crippen LogP contribution in [-0.4, -0.2) is 34.9 Å². The quantitative estimate of drug-likeness (QED) is 0.509. The molecule has 0 amide bonds. The molecular formula is C26H37NO5. The second-order valence-electron chi connectivity index (χ2n) is 9.68. The van der Waals surface area contributed by atoms with E-state index in [1.807, 2.05) is 0 Å². The standard InChI is InChI=1S/C26H37NO5/c1-18-8-9-20(12-19(18)2)10-11-24-23(27-17-31-24)16-30-14-21-6-5-7-22(13-21)15-32-26(3,4)25(28)29/h8-9,12,17,21-22H,5-7,10-11,13-16H2,1-4H3,(H,28,29). The van der Waals surface area contributed by atoms with Gasteiger partial charge in [-0.05, 0) is 81.9 Å². The summed E-state index contributed by atoms with van der Waals surface area (Å²) in [4.78, 5) is 15.6. The molecule has 6 heteroatoms. The van der Waals surface area contributed by atoms with Gasteiger partial charge >= 0.3 is 5.97 Å². The number of ether oxygens (including phenoxy) is 2. The minimum atomic E-state index is -1.13. The molecule has 2 aromatic rings. The summed E-state index contributed by atoms with van der Waals surface area (Å²) in [5.41, 5.74) is 3.67. The topological polar surface area (TPSA) is 81.8 Å². The van der Waals surface area contributed by atoms with E-state index in [0.29, 0.717) is 31.7 Å². The SMILES string of the molecule is Cc1ccc(CCc2ocnc2COCC2CCCC(COC(C)(C)C(=O)O)C2)cc1C. The summed E-state index contributed by atoms with van der Waals surface area (Å²) in [6, 6.07) is 6.58. The van der Waals surface area contributed by atoms with Gasteiger partial charge in [0.1, 0.15) is 11.5 Å². The molecule has 1 aromatic carbocycles. The highest BCUT2D eigenvalue weighted by molar-refractivity contribution is 5.76. The van der Waals surface area contributed by atoms with Crippen molar-refractivity contribution in [2.45, 2.75) is 78.4 Å². The molecule has 0 spiro atoms. The molecule has 176 valence electrons. The first-order valence-corrected chi connectivity index (χ1v) is 11.7. The number of carboxylic acids is 1. The van der Waals surface area contributed by atoms with Crippen molar-refractivity contribution < 1.29 is 23.8 Å². The van der Waals surface area contributed by atoms with Gasteiger partial charge in [0, 0.05) is 13.0 Å². The number of benzene rings is 1. The number of hydrogen-bond donors (Lipinski definition) is 1. The zero-order chi connectivity index (χ0) is 23.1. The average molecular weight is 444 g/mol. The van der Waals surface area contributed by atoms with E-state index in [2.05, 4.69) is 37.0 Å². The fourth-order valence-electron chi connectivity index (χ4n) is 4.25. The molecule has 0 aliphatic heterocycles. The van der Waals surface area contributed by atoms with Crippen LogP contribution in [0.15, 0.2) is 29.0 Å². The number of aryl methyl sites for hydroxylation is 4. The molecule has 1 aliphatic carbocycles. The van der Waals surface area contributed by atoms with Crippen molar-refractivity contribution in [2.24, 2.45) is 11.8 Å². The van der Waals surface area contributed by atoms with Crippen molar-refractivity contribution in [1.29, 1.82) is 0 Å². The Hall–Kier alpha value is -2.18. The number of carbonyl (C=O) groups is 1. The minimum Gasteiger partial charge on any atom is -0.479 e. The van der Waals surface area contributed by atoms with E-state index in [0.717, 1.165) is 50.0 Å². The number of aromatic nitrogens is 1. The maximum Gasteiger partial charge on any atom is 0.335 e. The van der Waals surface area contributed by atoms with Crippen LogP contribution in [0.5, 0.6) is 0 Å². The number of aliphatic carboxylic acids is 1. The van der Waals surface area contributed by atoms with E-state index >= 15 is 0 Å². The van der Waals surface area contributed by atoms with E-state index in [9.17, 15) is 9.90 Å². The van der Waals surface area contributed by atoms with Gasteiger partial charge in [0.15, 0.2) is 12.0 Å². The Bertz CT molecular complexity index is 888. The van der Waals surface area contributed by atoms with Crippen LogP contribution >= 0.6 is 0 Å². The molecule has 0 bridgehead atoms. The van der Waals surface area contributed by atoms with Crippen LogP contribution in [0, 0.1) is 25.7 Å². The van der Waals surface area contributed by atoms with Gasteiger partial charge in [-0.1, -0.05) is 24.6 Å². The number of hydrogen-bond acceptors (Lipinski definition) is 5. The highest BCUT2D eigenvalue weighted by atomic mass is 16.5. The number of carboxylic acid groups (broad SMARTS) is 1. The van der Waals surface area contributed by atoms with Crippen LogP contribution < -0.4 is 0 Å². The molecule has 0 radical (unpaired) electrons. The van der Waals surface area contributed by atoms with Gasteiger partial charge in [0.05, 0.1) is 13.2 Å². The summed E-state index contributed by atoms with van der Waals surface area (Å²) in [5, 5.41) is 9.22. The average Bonchev–Trinajstić information content (AvgIpc) is 3.21. The summed E-state index contributed by atoms with van der Waals surface area (Å²) >= 11 is 0. The lowest BCUT2D eigenvalue weighted by atomic mass is 9.82. The Morgan fingerprint density at radius 3 is 2.62 bits per heavy atom. The van der Waals surface area contributed by atoms with Crippen molar-refractivity contribution >= 4 is 5.97 Å². The van der Waals surface area contributed by atoms with Crippen molar-refractivity contribution in [3.8, 4) is 0 Å². The van der Waals surface area contributed by atoms with Gasteiger partial charge in [-0.25, -0.2) is 9.78 Å². The normalized spacial score (nSPS) is 19.2. The Balaban J connectivity index is 1.42. The second-order valence-corrected chi connectivity index (χ2v) is 9.68. The third-order valence-electron chi connectivity index (χ3n) is 6.62. The molecule has 0 saturated heterocycles. The van der Waals surface area contributed by atoms with E-state index in [4.69, 9.17) is 13.9 Å². The molecular weight excluding hydrogens is 406 g/mol. The Kier molecular flexibility index (Phi) is 8.49. The molecule has 6 nitrogen and oxygen atoms in total. The zero-order valence-corrected chi connectivity index (χ0v) is 19.9. The van der Waals surface area contributed by atoms with Gasteiger partial charge in [0.25, 0.3) is 0 Å². The lowest BCUT2D eigenvalue weighted by Crippen LogP contribution is -2.37. The van der Waals surface area contributed by atoms with Crippen molar-refractivity contribution in [3.05, 3.63) is 52.7 Å². The van der Waals surface area contributed by atoms with E-state index in [-0.39, 0.29) is 0 Å². The van der Waals surface area contributed by atoms with Gasteiger partial charge < -0.3 is 19.0 Å². The van der Waals surface area contributed by atoms with Crippen LogP contribution in [0.2, 0.25) is 0 Å². The van der Waals surface area contributed by atoms with Crippen LogP contribution in [0.1, 0.15) is 67.7 Å². The van der Waals surface area contributed by atoms with Gasteiger partial charge in [-0.2, -0.15) is 0 Å². The fourth-order valence-corrected chi connectivity index (χ4v) is 4.25. The largest absolute Gasteiger partial charge is 0.479 e. The van der Waals surface area contributed by atoms with Gasteiger partial charge in [-0.3, -0.25) is 0 Å². The Labute approximate surface area is 191 Å². The summed E-state index contributed by atoms with van der Waals surface area (Å²) in [6.07, 6.45) is 7.58. The number of oxazole rings is 1. The van der Waals surface area contributed by atoms with Gasteiger partial charge in [0.2, 0.25) is 0 Å². The zero-order valence-electron chi connectivity index (χ0n) is 19.9. The van der Waals surface area contributed by atoms with Crippen molar-refractivity contribution in [2.75, 3.05) is 13.2 Å².